The van der Waals surface area contributed by atoms with E-state index in [0.717, 1.165) is 18.1 Å². The molecule has 0 aromatic carbocycles. The summed E-state index contributed by atoms with van der Waals surface area (Å²) in [4.78, 5) is 5.58. The van der Waals surface area contributed by atoms with E-state index in [4.69, 9.17) is 0 Å². The Balaban J connectivity index is 1.64. The summed E-state index contributed by atoms with van der Waals surface area (Å²) in [5.41, 5.74) is 0.520. The maximum Gasteiger partial charge on any atom is 0.0229 e. The first kappa shape index (κ1) is 13.8. The van der Waals surface area contributed by atoms with E-state index in [0.29, 0.717) is 5.41 Å². The molecule has 0 saturated carbocycles. The zero-order chi connectivity index (χ0) is 13.5. The van der Waals surface area contributed by atoms with Gasteiger partial charge in [-0.2, -0.15) is 0 Å². The number of likely N-dealkylation sites (tertiary alicyclic amines) is 1. The summed E-state index contributed by atoms with van der Waals surface area (Å²) >= 11 is 0. The lowest BCUT2D eigenvalue weighted by Gasteiger charge is -2.34. The van der Waals surface area contributed by atoms with Crippen LogP contribution in [0.2, 0.25) is 0 Å². The van der Waals surface area contributed by atoms with Crippen LogP contribution >= 0.6 is 0 Å². The SMILES string of the molecule is CC(C)N1C2CCC1CN(CC1(C)CCNC1)CC2. The molecule has 3 aliphatic heterocycles. The molecule has 0 aromatic heterocycles. The number of nitrogens with one attached hydrogen (secondary N) is 1. The van der Waals surface area contributed by atoms with E-state index in [9.17, 15) is 0 Å². The number of nitrogens with zero attached hydrogens (tertiary/aromatic N) is 2. The van der Waals surface area contributed by atoms with Crippen molar-refractivity contribution < 1.29 is 0 Å². The summed E-state index contributed by atoms with van der Waals surface area (Å²) in [6.45, 7) is 13.6. The third kappa shape index (κ3) is 2.84. The molecule has 19 heavy (non-hydrogen) atoms. The largest absolute Gasteiger partial charge is 0.316 e. The number of fused-ring (bicyclic) bond motifs is 2. The van der Waals surface area contributed by atoms with Crippen LogP contribution in [0, 0.1) is 5.41 Å². The van der Waals surface area contributed by atoms with Crippen LogP contribution in [0.3, 0.4) is 0 Å². The molecule has 3 saturated heterocycles. The molecule has 0 amide bonds. The lowest BCUT2D eigenvalue weighted by atomic mass is 9.89. The Morgan fingerprint density at radius 3 is 2.68 bits per heavy atom. The molecule has 3 unspecified atom stereocenters. The van der Waals surface area contributed by atoms with Gasteiger partial charge in [0.25, 0.3) is 0 Å². The smallest absolute Gasteiger partial charge is 0.0229 e. The second-order valence-electron chi connectivity index (χ2n) is 7.69. The highest BCUT2D eigenvalue weighted by molar-refractivity contribution is 4.96. The minimum atomic E-state index is 0.520. The highest BCUT2D eigenvalue weighted by Crippen LogP contribution is 2.34. The third-order valence-electron chi connectivity index (χ3n) is 5.58. The van der Waals surface area contributed by atoms with E-state index >= 15 is 0 Å². The predicted molar refractivity (Wildman–Crippen MR) is 80.4 cm³/mol. The minimum Gasteiger partial charge on any atom is -0.316 e. The van der Waals surface area contributed by atoms with Crippen LogP contribution in [-0.4, -0.2) is 60.6 Å². The molecule has 1 N–H and O–H groups in total. The number of hydrogen-bond donors (Lipinski definition) is 1. The summed E-state index contributed by atoms with van der Waals surface area (Å²) in [5, 5.41) is 3.54. The first-order chi connectivity index (χ1) is 9.07. The van der Waals surface area contributed by atoms with E-state index in [1.807, 2.05) is 0 Å². The summed E-state index contributed by atoms with van der Waals surface area (Å²) in [6.07, 6.45) is 5.60. The normalized spacial score (nSPS) is 41.1. The minimum absolute atomic E-state index is 0.520. The van der Waals surface area contributed by atoms with Crippen molar-refractivity contribution in [3.05, 3.63) is 0 Å². The average Bonchev–Trinajstić information content (AvgIpc) is 2.86. The van der Waals surface area contributed by atoms with E-state index in [1.165, 1.54) is 58.4 Å². The zero-order valence-corrected chi connectivity index (χ0v) is 13.0. The van der Waals surface area contributed by atoms with Gasteiger partial charge >= 0.3 is 0 Å². The van der Waals surface area contributed by atoms with Gasteiger partial charge in [-0.25, -0.2) is 0 Å². The zero-order valence-electron chi connectivity index (χ0n) is 13.0. The van der Waals surface area contributed by atoms with Crippen molar-refractivity contribution in [2.75, 3.05) is 32.7 Å². The lowest BCUT2D eigenvalue weighted by molar-refractivity contribution is 0.132. The van der Waals surface area contributed by atoms with Gasteiger partial charge in [-0.15, -0.1) is 0 Å². The molecule has 0 radical (unpaired) electrons. The molecule has 3 fully saturated rings. The third-order valence-corrected chi connectivity index (χ3v) is 5.58. The van der Waals surface area contributed by atoms with Crippen molar-refractivity contribution in [2.45, 2.75) is 64.6 Å². The van der Waals surface area contributed by atoms with Crippen LogP contribution in [0.25, 0.3) is 0 Å². The van der Waals surface area contributed by atoms with Gasteiger partial charge in [0.05, 0.1) is 0 Å². The van der Waals surface area contributed by atoms with Crippen molar-refractivity contribution in [1.29, 1.82) is 0 Å². The average molecular weight is 265 g/mol. The second-order valence-corrected chi connectivity index (χ2v) is 7.69. The molecule has 3 nitrogen and oxygen atoms in total. The molecule has 3 atom stereocenters. The first-order valence-electron chi connectivity index (χ1n) is 8.28. The van der Waals surface area contributed by atoms with Gasteiger partial charge in [-0.05, 0) is 58.0 Å². The van der Waals surface area contributed by atoms with E-state index < -0.39 is 0 Å². The molecule has 3 heteroatoms. The van der Waals surface area contributed by atoms with Crippen LogP contribution < -0.4 is 5.32 Å². The van der Waals surface area contributed by atoms with Crippen LogP contribution in [-0.2, 0) is 0 Å². The van der Waals surface area contributed by atoms with Crippen LogP contribution in [0.15, 0.2) is 0 Å². The molecule has 0 aromatic rings. The fourth-order valence-electron chi connectivity index (χ4n) is 4.71. The Morgan fingerprint density at radius 1 is 1.21 bits per heavy atom. The standard InChI is InChI=1S/C16H31N3/c1-13(2)19-14-4-5-15(19)10-18(9-6-14)12-16(3)7-8-17-11-16/h13-15,17H,4-12H2,1-3H3. The van der Waals surface area contributed by atoms with Crippen LogP contribution in [0.1, 0.15) is 46.5 Å². The maximum atomic E-state index is 3.54. The van der Waals surface area contributed by atoms with Crippen molar-refractivity contribution in [1.82, 2.24) is 15.1 Å². The van der Waals surface area contributed by atoms with Gasteiger partial charge in [0.1, 0.15) is 0 Å². The quantitative estimate of drug-likeness (QED) is 0.841. The Morgan fingerprint density at radius 2 is 2.00 bits per heavy atom. The van der Waals surface area contributed by atoms with Gasteiger partial charge in [-0.3, -0.25) is 4.90 Å². The molecule has 0 aliphatic carbocycles. The fourth-order valence-corrected chi connectivity index (χ4v) is 4.71. The summed E-state index contributed by atoms with van der Waals surface area (Å²) in [6, 6.07) is 2.41. The number of rotatable bonds is 3. The van der Waals surface area contributed by atoms with E-state index in [1.54, 1.807) is 0 Å². The lowest BCUT2D eigenvalue weighted by Crippen LogP contribution is -2.45. The summed E-state index contributed by atoms with van der Waals surface area (Å²) in [7, 11) is 0. The topological polar surface area (TPSA) is 18.5 Å². The maximum absolute atomic E-state index is 3.54. The van der Waals surface area contributed by atoms with Gasteiger partial charge in [0, 0.05) is 37.8 Å². The van der Waals surface area contributed by atoms with Gasteiger partial charge in [-0.1, -0.05) is 6.92 Å². The van der Waals surface area contributed by atoms with Crippen LogP contribution in [0.4, 0.5) is 0 Å². The fraction of sp³-hybridized carbons (Fsp3) is 1.00. The molecular weight excluding hydrogens is 234 g/mol. The first-order valence-corrected chi connectivity index (χ1v) is 8.28. The molecule has 3 heterocycles. The number of hydrogen-bond acceptors (Lipinski definition) is 3. The van der Waals surface area contributed by atoms with E-state index in [2.05, 4.69) is 35.9 Å². The highest BCUT2D eigenvalue weighted by atomic mass is 15.3. The molecule has 3 rings (SSSR count). The van der Waals surface area contributed by atoms with Gasteiger partial charge in [0.15, 0.2) is 0 Å². The summed E-state index contributed by atoms with van der Waals surface area (Å²) < 4.78 is 0. The molecule has 2 bridgehead atoms. The van der Waals surface area contributed by atoms with Crippen molar-refractivity contribution >= 4 is 0 Å². The molecule has 110 valence electrons. The highest BCUT2D eigenvalue weighted by Gasteiger charge is 2.40. The monoisotopic (exact) mass is 265 g/mol. The summed E-state index contributed by atoms with van der Waals surface area (Å²) in [5.74, 6) is 0. The van der Waals surface area contributed by atoms with Crippen molar-refractivity contribution in [3.8, 4) is 0 Å². The Hall–Kier alpha value is -0.120. The van der Waals surface area contributed by atoms with Crippen molar-refractivity contribution in [3.63, 3.8) is 0 Å². The van der Waals surface area contributed by atoms with Crippen LogP contribution in [0.5, 0.6) is 0 Å². The Kier molecular flexibility index (Phi) is 3.89. The molecule has 0 spiro atoms. The molecular formula is C16H31N3. The Bertz CT molecular complexity index is 309. The Labute approximate surface area is 118 Å². The molecule has 3 aliphatic rings. The second kappa shape index (κ2) is 5.34. The predicted octanol–water partition coefficient (Wildman–Crippen LogP) is 1.93. The van der Waals surface area contributed by atoms with Crippen molar-refractivity contribution in [2.24, 2.45) is 5.41 Å². The van der Waals surface area contributed by atoms with Gasteiger partial charge in [0.2, 0.25) is 0 Å². The van der Waals surface area contributed by atoms with Gasteiger partial charge < -0.3 is 10.2 Å². The van der Waals surface area contributed by atoms with E-state index in [-0.39, 0.29) is 0 Å².